The Kier molecular flexibility index (Phi) is 3.24. The smallest absolute Gasteiger partial charge is 0.221 e. The first-order chi connectivity index (χ1) is 8.50. The number of H-pyrrole nitrogens is 1. The molecule has 6 nitrogen and oxygen atoms in total. The lowest BCUT2D eigenvalue weighted by Gasteiger charge is -2.13. The van der Waals surface area contributed by atoms with Crippen molar-refractivity contribution in [1.82, 2.24) is 10.2 Å². The van der Waals surface area contributed by atoms with Gasteiger partial charge in [-0.25, -0.2) is 0 Å². The molecule has 0 saturated carbocycles. The number of halogens is 1. The van der Waals surface area contributed by atoms with Crippen molar-refractivity contribution in [3.63, 3.8) is 0 Å². The summed E-state index contributed by atoms with van der Waals surface area (Å²) in [6, 6.07) is 3.15. The van der Waals surface area contributed by atoms with Gasteiger partial charge in [-0.3, -0.25) is 9.89 Å². The molecule has 1 heterocycles. The number of hydrogen-bond acceptors (Lipinski definition) is 4. The van der Waals surface area contributed by atoms with Crippen LogP contribution >= 0.6 is 15.9 Å². The van der Waals surface area contributed by atoms with E-state index in [1.807, 2.05) is 0 Å². The summed E-state index contributed by atoms with van der Waals surface area (Å²) >= 11 is 3.37. The zero-order valence-corrected chi connectivity index (χ0v) is 11.1. The quantitative estimate of drug-likeness (QED) is 0.637. The molecule has 1 aromatic heterocycles. The number of nitrogens with one attached hydrogen (secondary N) is 2. The molecule has 0 saturated heterocycles. The first-order valence-electron chi connectivity index (χ1n) is 5.09. The molecule has 0 fully saturated rings. The van der Waals surface area contributed by atoms with Crippen LogP contribution in [0.3, 0.4) is 0 Å². The van der Waals surface area contributed by atoms with Gasteiger partial charge in [-0.15, -0.1) is 0 Å². The summed E-state index contributed by atoms with van der Waals surface area (Å²) in [6.45, 7) is 1.36. The number of aromatic nitrogens is 2. The van der Waals surface area contributed by atoms with Crippen LogP contribution in [0.4, 0.5) is 11.5 Å². The van der Waals surface area contributed by atoms with Gasteiger partial charge in [-0.05, 0) is 12.1 Å². The van der Waals surface area contributed by atoms with Crippen LogP contribution in [0.5, 0.6) is 5.75 Å². The molecule has 94 valence electrons. The molecule has 0 spiro atoms. The number of anilines is 2. The maximum atomic E-state index is 11.2. The first-order valence-corrected chi connectivity index (χ1v) is 5.88. The van der Waals surface area contributed by atoms with E-state index < -0.39 is 0 Å². The number of hydrogen-bond donors (Lipinski definition) is 4. The Morgan fingerprint density at radius 1 is 1.56 bits per heavy atom. The molecule has 7 heteroatoms. The molecular formula is C11H11BrN4O2. The molecule has 0 radical (unpaired) electrons. The summed E-state index contributed by atoms with van der Waals surface area (Å²) in [5.41, 5.74) is 7.23. The Hall–Kier alpha value is -2.02. The van der Waals surface area contributed by atoms with Gasteiger partial charge in [0.15, 0.2) is 0 Å². The Morgan fingerprint density at radius 3 is 2.83 bits per heavy atom. The van der Waals surface area contributed by atoms with Gasteiger partial charge < -0.3 is 16.2 Å². The van der Waals surface area contributed by atoms with Crippen LogP contribution in [-0.2, 0) is 4.79 Å². The highest BCUT2D eigenvalue weighted by atomic mass is 79.9. The molecule has 0 aliphatic heterocycles. The van der Waals surface area contributed by atoms with Crippen molar-refractivity contribution in [2.24, 2.45) is 0 Å². The lowest BCUT2D eigenvalue weighted by molar-refractivity contribution is -0.114. The van der Waals surface area contributed by atoms with Crippen LogP contribution in [-0.4, -0.2) is 21.2 Å². The molecule has 1 aromatic carbocycles. The number of carbonyl (C=O) groups is 1. The standard InChI is InChI=1S/C11H11BrN4O2/c1-5(17)15-10-8(18)3-2-7(12)9(10)6-4-14-16-11(6)13/h2-4,18H,1H3,(H,15,17)(H3,13,14,16). The third-order valence-electron chi connectivity index (χ3n) is 2.37. The lowest BCUT2D eigenvalue weighted by atomic mass is 10.1. The zero-order valence-electron chi connectivity index (χ0n) is 9.49. The predicted molar refractivity (Wildman–Crippen MR) is 72.1 cm³/mol. The second kappa shape index (κ2) is 4.69. The Bertz CT molecular complexity index is 609. The maximum Gasteiger partial charge on any atom is 0.221 e. The van der Waals surface area contributed by atoms with Crippen molar-refractivity contribution in [2.45, 2.75) is 6.92 Å². The average Bonchev–Trinajstić information content (AvgIpc) is 2.70. The Morgan fingerprint density at radius 2 is 2.28 bits per heavy atom. The summed E-state index contributed by atoms with van der Waals surface area (Å²) in [7, 11) is 0. The van der Waals surface area contributed by atoms with Gasteiger partial charge >= 0.3 is 0 Å². The van der Waals surface area contributed by atoms with Gasteiger partial charge in [0.25, 0.3) is 0 Å². The van der Waals surface area contributed by atoms with Gasteiger partial charge in [0.05, 0.1) is 11.9 Å². The molecule has 2 rings (SSSR count). The molecule has 0 aliphatic carbocycles. The monoisotopic (exact) mass is 310 g/mol. The number of benzene rings is 1. The molecule has 0 aliphatic rings. The highest BCUT2D eigenvalue weighted by molar-refractivity contribution is 9.10. The normalized spacial score (nSPS) is 10.3. The molecule has 0 unspecified atom stereocenters. The first kappa shape index (κ1) is 12.4. The molecule has 0 atom stereocenters. The summed E-state index contributed by atoms with van der Waals surface area (Å²) in [4.78, 5) is 11.2. The van der Waals surface area contributed by atoms with Crippen LogP contribution in [0.15, 0.2) is 22.8 Å². The number of rotatable bonds is 2. The number of amides is 1. The highest BCUT2D eigenvalue weighted by Gasteiger charge is 2.17. The minimum absolute atomic E-state index is 0.0380. The number of nitrogen functional groups attached to an aromatic ring is 1. The van der Waals surface area contributed by atoms with E-state index in [0.29, 0.717) is 27.1 Å². The van der Waals surface area contributed by atoms with E-state index in [0.717, 1.165) is 0 Å². The third-order valence-corrected chi connectivity index (χ3v) is 3.03. The molecular weight excluding hydrogens is 300 g/mol. The van der Waals surface area contributed by atoms with Gasteiger partial charge in [0.2, 0.25) is 5.91 Å². The lowest BCUT2D eigenvalue weighted by Crippen LogP contribution is -2.07. The largest absolute Gasteiger partial charge is 0.506 e. The second-order valence-electron chi connectivity index (χ2n) is 3.70. The van der Waals surface area contributed by atoms with Crippen LogP contribution < -0.4 is 11.1 Å². The molecule has 1 amide bonds. The highest BCUT2D eigenvalue weighted by Crippen LogP contribution is 2.42. The fourth-order valence-corrected chi connectivity index (χ4v) is 2.17. The zero-order chi connectivity index (χ0) is 13.3. The van der Waals surface area contributed by atoms with E-state index in [4.69, 9.17) is 5.73 Å². The number of carbonyl (C=O) groups excluding carboxylic acids is 1. The number of phenolic OH excluding ortho intramolecular Hbond substituents is 1. The van der Waals surface area contributed by atoms with Gasteiger partial charge in [-0.1, -0.05) is 15.9 Å². The summed E-state index contributed by atoms with van der Waals surface area (Å²) < 4.78 is 0.692. The summed E-state index contributed by atoms with van der Waals surface area (Å²) in [6.07, 6.45) is 1.53. The van der Waals surface area contributed by atoms with E-state index in [1.54, 1.807) is 6.07 Å². The minimum Gasteiger partial charge on any atom is -0.506 e. The molecule has 0 bridgehead atoms. The van der Waals surface area contributed by atoms with E-state index >= 15 is 0 Å². The van der Waals surface area contributed by atoms with E-state index in [9.17, 15) is 9.90 Å². The maximum absolute atomic E-state index is 11.2. The second-order valence-corrected chi connectivity index (χ2v) is 4.55. The van der Waals surface area contributed by atoms with Gasteiger partial charge in [-0.2, -0.15) is 5.10 Å². The number of phenols is 1. The fraction of sp³-hybridized carbons (Fsp3) is 0.0909. The molecule has 18 heavy (non-hydrogen) atoms. The van der Waals surface area contributed by atoms with Crippen LogP contribution in [0, 0.1) is 0 Å². The van der Waals surface area contributed by atoms with Gasteiger partial charge in [0, 0.05) is 22.5 Å². The molecule has 5 N–H and O–H groups in total. The SMILES string of the molecule is CC(=O)Nc1c(O)ccc(Br)c1-c1cn[nH]c1N. The van der Waals surface area contributed by atoms with Crippen LogP contribution in [0.1, 0.15) is 6.92 Å². The van der Waals surface area contributed by atoms with Crippen LogP contribution in [0.2, 0.25) is 0 Å². The van der Waals surface area contributed by atoms with Crippen molar-refractivity contribution in [3.05, 3.63) is 22.8 Å². The topological polar surface area (TPSA) is 104 Å². The van der Waals surface area contributed by atoms with Crippen LogP contribution in [0.25, 0.3) is 11.1 Å². The average molecular weight is 311 g/mol. The summed E-state index contributed by atoms with van der Waals surface area (Å²) in [5, 5.41) is 18.9. The fourth-order valence-electron chi connectivity index (χ4n) is 1.63. The van der Waals surface area contributed by atoms with Crippen molar-refractivity contribution in [1.29, 1.82) is 0 Å². The van der Waals surface area contributed by atoms with E-state index in [2.05, 4.69) is 31.4 Å². The Balaban J connectivity index is 2.68. The van der Waals surface area contributed by atoms with Crippen molar-refractivity contribution < 1.29 is 9.90 Å². The third kappa shape index (κ3) is 2.17. The number of nitrogens with two attached hydrogens (primary N) is 1. The van der Waals surface area contributed by atoms with E-state index in [1.165, 1.54) is 19.2 Å². The number of nitrogens with zero attached hydrogens (tertiary/aromatic N) is 1. The van der Waals surface area contributed by atoms with Crippen molar-refractivity contribution in [2.75, 3.05) is 11.1 Å². The summed E-state index contributed by atoms with van der Waals surface area (Å²) in [5.74, 6) is 0.0311. The Labute approximate surface area is 111 Å². The number of aromatic amines is 1. The van der Waals surface area contributed by atoms with Crippen molar-refractivity contribution >= 4 is 33.3 Å². The van der Waals surface area contributed by atoms with Gasteiger partial charge in [0.1, 0.15) is 11.6 Å². The molecule has 2 aromatic rings. The van der Waals surface area contributed by atoms with Crippen molar-refractivity contribution in [3.8, 4) is 16.9 Å². The predicted octanol–water partition coefficient (Wildman–Crippen LogP) is 2.09. The number of aromatic hydroxyl groups is 1. The van der Waals surface area contributed by atoms with E-state index in [-0.39, 0.29) is 11.7 Å². The minimum atomic E-state index is -0.285.